The van der Waals surface area contributed by atoms with E-state index in [1.165, 1.54) is 11.3 Å². The minimum Gasteiger partial charge on any atom is -0.473 e. The Labute approximate surface area is 181 Å². The molecule has 7 heteroatoms. The zero-order valence-electron chi connectivity index (χ0n) is 15.9. The van der Waals surface area contributed by atoms with E-state index in [1.807, 2.05) is 30.5 Å². The SMILES string of the molecule is Cc1c(C)n(Cc2ccc(Cl)c(Cl)c2)c2c(OCC3CCCO3)nccc12.Cl. The third kappa shape index (κ3) is 4.11. The van der Waals surface area contributed by atoms with Crippen LogP contribution in [0, 0.1) is 13.8 Å². The molecular weight excluding hydrogens is 419 g/mol. The summed E-state index contributed by atoms with van der Waals surface area (Å²) in [6.07, 6.45) is 4.10. The van der Waals surface area contributed by atoms with Crippen LogP contribution in [0.1, 0.15) is 29.7 Å². The molecule has 0 amide bonds. The van der Waals surface area contributed by atoms with Crippen molar-refractivity contribution in [3.63, 3.8) is 0 Å². The van der Waals surface area contributed by atoms with E-state index >= 15 is 0 Å². The third-order valence-electron chi connectivity index (χ3n) is 5.27. The number of fused-ring (bicyclic) bond motifs is 1. The number of aryl methyl sites for hydroxylation is 1. The highest BCUT2D eigenvalue weighted by molar-refractivity contribution is 6.42. The van der Waals surface area contributed by atoms with Crippen molar-refractivity contribution in [2.24, 2.45) is 0 Å². The Balaban J connectivity index is 0.00000225. The monoisotopic (exact) mass is 440 g/mol. The highest BCUT2D eigenvalue weighted by Crippen LogP contribution is 2.32. The molecule has 0 saturated carbocycles. The largest absolute Gasteiger partial charge is 0.473 e. The normalized spacial score (nSPS) is 16.4. The smallest absolute Gasteiger partial charge is 0.238 e. The molecule has 3 aromatic rings. The molecule has 0 spiro atoms. The van der Waals surface area contributed by atoms with Gasteiger partial charge in [0.2, 0.25) is 5.88 Å². The summed E-state index contributed by atoms with van der Waals surface area (Å²) in [5.74, 6) is 0.652. The minimum atomic E-state index is 0. The van der Waals surface area contributed by atoms with Crippen molar-refractivity contribution in [2.45, 2.75) is 39.3 Å². The number of hydrogen-bond acceptors (Lipinski definition) is 3. The summed E-state index contributed by atoms with van der Waals surface area (Å²) in [5, 5.41) is 2.28. The fourth-order valence-electron chi connectivity index (χ4n) is 3.63. The van der Waals surface area contributed by atoms with Gasteiger partial charge in [-0.1, -0.05) is 29.3 Å². The molecule has 4 nitrogen and oxygen atoms in total. The topological polar surface area (TPSA) is 36.3 Å². The Morgan fingerprint density at radius 1 is 1.21 bits per heavy atom. The lowest BCUT2D eigenvalue weighted by Gasteiger charge is -2.14. The van der Waals surface area contributed by atoms with E-state index in [2.05, 4.69) is 23.4 Å². The molecule has 4 rings (SSSR count). The van der Waals surface area contributed by atoms with Gasteiger partial charge in [0.15, 0.2) is 0 Å². The van der Waals surface area contributed by atoms with Gasteiger partial charge in [-0.3, -0.25) is 0 Å². The molecule has 0 radical (unpaired) electrons. The highest BCUT2D eigenvalue weighted by Gasteiger charge is 2.20. The average Bonchev–Trinajstić information content (AvgIpc) is 3.26. The maximum atomic E-state index is 6.20. The first-order chi connectivity index (χ1) is 13.0. The van der Waals surface area contributed by atoms with Gasteiger partial charge in [-0.25, -0.2) is 4.98 Å². The van der Waals surface area contributed by atoms with Crippen LogP contribution >= 0.6 is 35.6 Å². The summed E-state index contributed by atoms with van der Waals surface area (Å²) in [6, 6.07) is 7.79. The van der Waals surface area contributed by atoms with Crippen LogP contribution in [-0.2, 0) is 11.3 Å². The van der Waals surface area contributed by atoms with Gasteiger partial charge in [0.05, 0.1) is 16.1 Å². The molecule has 1 fully saturated rings. The van der Waals surface area contributed by atoms with Crippen molar-refractivity contribution in [1.29, 1.82) is 0 Å². The van der Waals surface area contributed by atoms with Crippen LogP contribution in [-0.4, -0.2) is 28.9 Å². The van der Waals surface area contributed by atoms with Crippen molar-refractivity contribution < 1.29 is 9.47 Å². The van der Waals surface area contributed by atoms with Crippen molar-refractivity contribution in [3.05, 3.63) is 57.3 Å². The molecule has 3 heterocycles. The molecule has 1 saturated heterocycles. The molecule has 1 atom stereocenters. The maximum absolute atomic E-state index is 6.20. The third-order valence-corrected chi connectivity index (χ3v) is 6.01. The molecule has 0 aliphatic carbocycles. The maximum Gasteiger partial charge on any atom is 0.238 e. The Morgan fingerprint density at radius 2 is 2.04 bits per heavy atom. The number of hydrogen-bond donors (Lipinski definition) is 0. The minimum absolute atomic E-state index is 0. The van der Waals surface area contributed by atoms with Crippen molar-refractivity contribution in [1.82, 2.24) is 9.55 Å². The van der Waals surface area contributed by atoms with Crippen LogP contribution in [0.3, 0.4) is 0 Å². The van der Waals surface area contributed by atoms with Gasteiger partial charge in [-0.15, -0.1) is 12.4 Å². The molecule has 1 aromatic carbocycles. The summed E-state index contributed by atoms with van der Waals surface area (Å²) in [7, 11) is 0. The Hall–Kier alpha value is -1.46. The Bertz CT molecular complexity index is 981. The van der Waals surface area contributed by atoms with Gasteiger partial charge in [-0.05, 0) is 56.0 Å². The molecule has 1 aliphatic heterocycles. The second kappa shape index (κ2) is 8.91. The summed E-state index contributed by atoms with van der Waals surface area (Å²) < 4.78 is 14.0. The van der Waals surface area contributed by atoms with Gasteiger partial charge in [0.25, 0.3) is 0 Å². The highest BCUT2D eigenvalue weighted by atomic mass is 35.5. The van der Waals surface area contributed by atoms with Crippen LogP contribution in [0.2, 0.25) is 10.0 Å². The van der Waals surface area contributed by atoms with E-state index in [-0.39, 0.29) is 18.5 Å². The summed E-state index contributed by atoms with van der Waals surface area (Å²) in [6.45, 7) is 6.28. The number of nitrogens with zero attached hydrogens (tertiary/aromatic N) is 2. The lowest BCUT2D eigenvalue weighted by atomic mass is 10.2. The number of halogens is 3. The fourth-order valence-corrected chi connectivity index (χ4v) is 3.96. The lowest BCUT2D eigenvalue weighted by molar-refractivity contribution is 0.0668. The van der Waals surface area contributed by atoms with Crippen molar-refractivity contribution >= 4 is 46.5 Å². The van der Waals surface area contributed by atoms with E-state index in [1.54, 1.807) is 0 Å². The summed E-state index contributed by atoms with van der Waals surface area (Å²) in [4.78, 5) is 4.51. The first kappa shape index (κ1) is 21.3. The summed E-state index contributed by atoms with van der Waals surface area (Å²) >= 11 is 12.3. The van der Waals surface area contributed by atoms with Gasteiger partial charge in [0, 0.05) is 30.4 Å². The van der Waals surface area contributed by atoms with Crippen LogP contribution in [0.25, 0.3) is 10.9 Å². The van der Waals surface area contributed by atoms with Crippen LogP contribution in [0.4, 0.5) is 0 Å². The van der Waals surface area contributed by atoms with Gasteiger partial charge < -0.3 is 14.0 Å². The molecule has 0 bridgehead atoms. The van der Waals surface area contributed by atoms with Gasteiger partial charge >= 0.3 is 0 Å². The standard InChI is InChI=1S/C21H22Cl2N2O2.ClH/c1-13-14(2)25(11-15-5-6-18(22)19(23)10-15)20-17(13)7-8-24-21(20)27-12-16-4-3-9-26-16;/h5-8,10,16H,3-4,9,11-12H2,1-2H3;1H. The van der Waals surface area contributed by atoms with E-state index in [4.69, 9.17) is 32.7 Å². The van der Waals surface area contributed by atoms with Crippen molar-refractivity contribution in [3.8, 4) is 5.88 Å². The number of pyridine rings is 1. The average molecular weight is 442 g/mol. The van der Waals surface area contributed by atoms with E-state index in [0.29, 0.717) is 29.1 Å². The van der Waals surface area contributed by atoms with Crippen LogP contribution < -0.4 is 4.74 Å². The quantitative estimate of drug-likeness (QED) is 0.488. The first-order valence-corrected chi connectivity index (χ1v) is 9.93. The molecule has 28 heavy (non-hydrogen) atoms. The molecule has 0 N–H and O–H groups in total. The van der Waals surface area contributed by atoms with E-state index in [9.17, 15) is 0 Å². The van der Waals surface area contributed by atoms with E-state index < -0.39 is 0 Å². The zero-order chi connectivity index (χ0) is 19.0. The first-order valence-electron chi connectivity index (χ1n) is 9.17. The number of rotatable bonds is 5. The Morgan fingerprint density at radius 3 is 2.75 bits per heavy atom. The molecular formula is C21H23Cl3N2O2. The van der Waals surface area contributed by atoms with Crippen LogP contribution in [0.5, 0.6) is 5.88 Å². The zero-order valence-corrected chi connectivity index (χ0v) is 18.2. The molecule has 1 aliphatic rings. The molecule has 150 valence electrons. The fraction of sp³-hybridized carbons (Fsp3) is 0.381. The molecule has 1 unspecified atom stereocenters. The van der Waals surface area contributed by atoms with Crippen LogP contribution in [0.15, 0.2) is 30.5 Å². The Kier molecular flexibility index (Phi) is 6.77. The second-order valence-corrected chi connectivity index (χ2v) is 7.82. The molecule has 2 aromatic heterocycles. The van der Waals surface area contributed by atoms with Gasteiger partial charge in [0.1, 0.15) is 12.1 Å². The predicted octanol–water partition coefficient (Wildman–Crippen LogP) is 5.99. The summed E-state index contributed by atoms with van der Waals surface area (Å²) in [5.41, 5.74) is 4.51. The second-order valence-electron chi connectivity index (χ2n) is 7.00. The number of ether oxygens (including phenoxy) is 2. The predicted molar refractivity (Wildman–Crippen MR) is 116 cm³/mol. The van der Waals surface area contributed by atoms with E-state index in [0.717, 1.165) is 35.9 Å². The van der Waals surface area contributed by atoms with Gasteiger partial charge in [-0.2, -0.15) is 0 Å². The number of aromatic nitrogens is 2. The van der Waals surface area contributed by atoms with Crippen molar-refractivity contribution in [2.75, 3.05) is 13.2 Å². The lowest BCUT2D eigenvalue weighted by Crippen LogP contribution is -2.17. The number of benzene rings is 1.